The van der Waals surface area contributed by atoms with Gasteiger partial charge in [-0.1, -0.05) is 12.8 Å². The Morgan fingerprint density at radius 1 is 1.50 bits per heavy atom. The first-order valence-electron chi connectivity index (χ1n) is 3.73. The van der Waals surface area contributed by atoms with Crippen molar-refractivity contribution in [2.75, 3.05) is 0 Å². The van der Waals surface area contributed by atoms with Crippen LogP contribution in [0.4, 0.5) is 0 Å². The molecule has 0 aromatic rings. The molecule has 1 N–H and O–H groups in total. The molecule has 0 heterocycles. The minimum atomic E-state index is 0.132. The lowest BCUT2D eigenvalue weighted by molar-refractivity contribution is 0.392. The van der Waals surface area contributed by atoms with Gasteiger partial charge in [0.1, 0.15) is 0 Å². The average molecular weight is 139 g/mol. The first-order valence-corrected chi connectivity index (χ1v) is 3.73. The molecule has 0 saturated carbocycles. The average Bonchev–Trinajstić information content (AvgIpc) is 1.81. The minimum Gasteiger partial charge on any atom is -0.299 e. The van der Waals surface area contributed by atoms with Crippen LogP contribution >= 0.6 is 0 Å². The molecular formula is C9H17N. The van der Waals surface area contributed by atoms with E-state index in [0.717, 1.165) is 6.42 Å². The van der Waals surface area contributed by atoms with E-state index in [9.17, 15) is 0 Å². The second-order valence-electron chi connectivity index (χ2n) is 3.52. The third kappa shape index (κ3) is 4.40. The van der Waals surface area contributed by atoms with Gasteiger partial charge in [0.2, 0.25) is 0 Å². The van der Waals surface area contributed by atoms with Crippen molar-refractivity contribution in [3.63, 3.8) is 0 Å². The molecule has 0 aromatic heterocycles. The van der Waals surface area contributed by atoms with Crippen LogP contribution in [0.25, 0.3) is 0 Å². The molecule has 0 saturated heterocycles. The molecule has 0 rings (SSSR count). The molecule has 10 heavy (non-hydrogen) atoms. The van der Waals surface area contributed by atoms with E-state index in [2.05, 4.69) is 38.9 Å². The summed E-state index contributed by atoms with van der Waals surface area (Å²) in [6, 6.07) is 0.222. The van der Waals surface area contributed by atoms with Crippen LogP contribution in [-0.4, -0.2) is 11.6 Å². The highest BCUT2D eigenvalue weighted by atomic mass is 15.0. The molecule has 0 aromatic carbocycles. The lowest BCUT2D eigenvalue weighted by Crippen LogP contribution is -2.42. The lowest BCUT2D eigenvalue weighted by Gasteiger charge is -2.24. The van der Waals surface area contributed by atoms with Crippen molar-refractivity contribution in [1.82, 2.24) is 5.32 Å². The molecule has 0 aliphatic carbocycles. The molecule has 0 aliphatic heterocycles. The van der Waals surface area contributed by atoms with Crippen LogP contribution < -0.4 is 5.32 Å². The molecule has 0 bridgehead atoms. The van der Waals surface area contributed by atoms with Crippen LogP contribution in [0.5, 0.6) is 0 Å². The van der Waals surface area contributed by atoms with Crippen molar-refractivity contribution in [3.8, 4) is 12.3 Å². The van der Waals surface area contributed by atoms with Crippen molar-refractivity contribution in [2.45, 2.75) is 45.7 Å². The van der Waals surface area contributed by atoms with Crippen LogP contribution in [0, 0.1) is 12.3 Å². The van der Waals surface area contributed by atoms with Gasteiger partial charge in [-0.3, -0.25) is 5.32 Å². The Morgan fingerprint density at radius 3 is 2.10 bits per heavy atom. The van der Waals surface area contributed by atoms with Crippen molar-refractivity contribution >= 4 is 0 Å². The second-order valence-corrected chi connectivity index (χ2v) is 3.52. The summed E-state index contributed by atoms with van der Waals surface area (Å²) in [6.45, 7) is 8.44. The molecule has 1 unspecified atom stereocenters. The molecule has 0 radical (unpaired) electrons. The van der Waals surface area contributed by atoms with Gasteiger partial charge in [-0.05, 0) is 27.2 Å². The molecule has 0 amide bonds. The normalized spacial score (nSPS) is 14.3. The summed E-state index contributed by atoms with van der Waals surface area (Å²) < 4.78 is 0. The molecule has 0 fully saturated rings. The fourth-order valence-corrected chi connectivity index (χ4v) is 0.784. The van der Waals surface area contributed by atoms with Gasteiger partial charge in [-0.2, -0.15) is 0 Å². The largest absolute Gasteiger partial charge is 0.299 e. The van der Waals surface area contributed by atoms with E-state index >= 15 is 0 Å². The summed E-state index contributed by atoms with van der Waals surface area (Å²) in [5, 5.41) is 3.32. The highest BCUT2D eigenvalue weighted by molar-refractivity contribution is 5.00. The maximum Gasteiger partial charge on any atom is 0.0688 e. The summed E-state index contributed by atoms with van der Waals surface area (Å²) >= 11 is 0. The third-order valence-electron chi connectivity index (χ3n) is 1.22. The van der Waals surface area contributed by atoms with Gasteiger partial charge >= 0.3 is 0 Å². The van der Waals surface area contributed by atoms with Gasteiger partial charge in [0.25, 0.3) is 0 Å². The van der Waals surface area contributed by atoms with E-state index in [0.29, 0.717) is 0 Å². The summed E-state index contributed by atoms with van der Waals surface area (Å²) in [6.07, 6.45) is 6.27. The fourth-order valence-electron chi connectivity index (χ4n) is 0.784. The minimum absolute atomic E-state index is 0.132. The Balaban J connectivity index is 3.78. The van der Waals surface area contributed by atoms with Crippen LogP contribution in [0.2, 0.25) is 0 Å². The van der Waals surface area contributed by atoms with Crippen LogP contribution in [-0.2, 0) is 0 Å². The lowest BCUT2D eigenvalue weighted by atomic mass is 10.1. The zero-order valence-corrected chi connectivity index (χ0v) is 7.36. The van der Waals surface area contributed by atoms with E-state index < -0.39 is 0 Å². The summed E-state index contributed by atoms with van der Waals surface area (Å²) in [5.41, 5.74) is 0.132. The van der Waals surface area contributed by atoms with E-state index in [1.165, 1.54) is 0 Å². The molecule has 58 valence electrons. The Bertz CT molecular complexity index is 125. The monoisotopic (exact) mass is 139 g/mol. The van der Waals surface area contributed by atoms with E-state index in [1.54, 1.807) is 0 Å². The maximum absolute atomic E-state index is 5.28. The molecule has 1 heteroatoms. The molecular weight excluding hydrogens is 122 g/mol. The maximum atomic E-state index is 5.28. The Morgan fingerprint density at radius 2 is 2.00 bits per heavy atom. The van der Waals surface area contributed by atoms with E-state index in [-0.39, 0.29) is 11.6 Å². The third-order valence-corrected chi connectivity index (χ3v) is 1.22. The smallest absolute Gasteiger partial charge is 0.0688 e. The van der Waals surface area contributed by atoms with Crippen LogP contribution in [0.3, 0.4) is 0 Å². The Hall–Kier alpha value is -0.480. The number of hydrogen-bond donors (Lipinski definition) is 1. The van der Waals surface area contributed by atoms with Crippen molar-refractivity contribution in [2.24, 2.45) is 0 Å². The molecule has 1 nitrogen and oxygen atoms in total. The van der Waals surface area contributed by atoms with Crippen LogP contribution in [0.1, 0.15) is 34.1 Å². The van der Waals surface area contributed by atoms with Crippen molar-refractivity contribution in [1.29, 1.82) is 0 Å². The summed E-state index contributed by atoms with van der Waals surface area (Å²) in [7, 11) is 0. The van der Waals surface area contributed by atoms with E-state index in [4.69, 9.17) is 6.42 Å². The quantitative estimate of drug-likeness (QED) is 0.575. The van der Waals surface area contributed by atoms with Gasteiger partial charge in [0.15, 0.2) is 0 Å². The first-order chi connectivity index (χ1) is 4.49. The van der Waals surface area contributed by atoms with Gasteiger partial charge in [0.05, 0.1) is 6.04 Å². The Kier molecular flexibility index (Phi) is 3.46. The first kappa shape index (κ1) is 9.52. The molecule has 0 aliphatic rings. The highest BCUT2D eigenvalue weighted by Gasteiger charge is 2.12. The predicted molar refractivity (Wildman–Crippen MR) is 45.8 cm³/mol. The van der Waals surface area contributed by atoms with Crippen LogP contribution in [0.15, 0.2) is 0 Å². The molecule has 0 spiro atoms. The topological polar surface area (TPSA) is 12.0 Å². The Labute approximate surface area is 64.2 Å². The number of terminal acetylenes is 1. The SMILES string of the molecule is C#CC(CC)NC(C)(C)C. The predicted octanol–water partition coefficient (Wildman–Crippen LogP) is 1.79. The van der Waals surface area contributed by atoms with Gasteiger partial charge < -0.3 is 0 Å². The standard InChI is InChI=1S/C9H17N/c1-6-8(7-2)10-9(3,4)5/h1,8,10H,7H2,2-5H3. The van der Waals surface area contributed by atoms with Gasteiger partial charge in [0, 0.05) is 5.54 Å². The number of hydrogen-bond acceptors (Lipinski definition) is 1. The summed E-state index contributed by atoms with van der Waals surface area (Å²) in [4.78, 5) is 0. The number of rotatable bonds is 2. The zero-order chi connectivity index (χ0) is 8.20. The zero-order valence-electron chi connectivity index (χ0n) is 7.36. The second kappa shape index (κ2) is 3.63. The molecule has 1 atom stereocenters. The summed E-state index contributed by atoms with van der Waals surface area (Å²) in [5.74, 6) is 2.70. The van der Waals surface area contributed by atoms with Crippen molar-refractivity contribution < 1.29 is 0 Å². The number of nitrogens with one attached hydrogen (secondary N) is 1. The highest BCUT2D eigenvalue weighted by Crippen LogP contribution is 2.02. The van der Waals surface area contributed by atoms with Gasteiger partial charge in [-0.15, -0.1) is 6.42 Å². The van der Waals surface area contributed by atoms with Gasteiger partial charge in [-0.25, -0.2) is 0 Å². The fraction of sp³-hybridized carbons (Fsp3) is 0.778. The van der Waals surface area contributed by atoms with E-state index in [1.807, 2.05) is 0 Å². The van der Waals surface area contributed by atoms with Crippen molar-refractivity contribution in [3.05, 3.63) is 0 Å².